The molecule has 0 spiro atoms. The summed E-state index contributed by atoms with van der Waals surface area (Å²) in [4.78, 5) is 19.5. The topological polar surface area (TPSA) is 66.4 Å². The molecular weight excluding hydrogens is 206 g/mol. The average Bonchev–Trinajstić information content (AvgIpc) is 2.60. The van der Waals surface area contributed by atoms with Crippen molar-refractivity contribution in [3.8, 4) is 0 Å². The van der Waals surface area contributed by atoms with E-state index in [0.29, 0.717) is 12.3 Å². The van der Waals surface area contributed by atoms with Gasteiger partial charge in [-0.1, -0.05) is 30.3 Å². The molecule has 2 rings (SSSR count). The molecule has 1 saturated heterocycles. The van der Waals surface area contributed by atoms with Crippen molar-refractivity contribution in [2.75, 3.05) is 0 Å². The van der Waals surface area contributed by atoms with Crippen LogP contribution in [0.3, 0.4) is 0 Å². The molecule has 1 amide bonds. The zero-order valence-corrected chi connectivity index (χ0v) is 9.09. The summed E-state index contributed by atoms with van der Waals surface area (Å²) in [5.74, 6) is 0.523. The predicted octanol–water partition coefficient (Wildman–Crippen LogP) is 1.38. The van der Waals surface area contributed by atoms with Crippen LogP contribution in [-0.2, 0) is 9.59 Å². The van der Waals surface area contributed by atoms with E-state index in [0.717, 1.165) is 0 Å². The molecule has 1 fully saturated rings. The molecule has 0 aliphatic carbocycles. The molecular formula is C12H15NO3. The van der Waals surface area contributed by atoms with E-state index < -0.39 is 0 Å². The van der Waals surface area contributed by atoms with Gasteiger partial charge < -0.3 is 10.4 Å². The highest BCUT2D eigenvalue weighted by atomic mass is 16.3. The maximum atomic E-state index is 11.1. The normalized spacial score (nSPS) is 22.9. The Morgan fingerprint density at radius 3 is 2.38 bits per heavy atom. The zero-order valence-electron chi connectivity index (χ0n) is 9.09. The first-order valence-corrected chi connectivity index (χ1v) is 5.11. The van der Waals surface area contributed by atoms with Crippen LogP contribution in [0.4, 0.5) is 0 Å². The maximum absolute atomic E-state index is 11.1. The molecule has 0 radical (unpaired) electrons. The predicted molar refractivity (Wildman–Crippen MR) is 60.1 cm³/mol. The highest BCUT2D eigenvalue weighted by Gasteiger charge is 2.29. The molecule has 0 saturated carbocycles. The summed E-state index contributed by atoms with van der Waals surface area (Å²) in [6, 6.07) is 10.5. The monoisotopic (exact) mass is 221 g/mol. The molecule has 1 aliphatic rings. The third kappa shape index (κ3) is 3.08. The standard InChI is InChI=1S/C11H13NO.CH2O2/c1-8-10(7-11(13)12-8)9-5-3-2-4-6-9;2-1-3/h2-6,8,10H,7H2,1H3,(H,12,13);1H,(H,2,3). The van der Waals surface area contributed by atoms with E-state index in [1.54, 1.807) is 0 Å². The molecule has 2 unspecified atom stereocenters. The second-order valence-corrected chi connectivity index (χ2v) is 3.68. The van der Waals surface area contributed by atoms with Gasteiger partial charge in [0.05, 0.1) is 0 Å². The van der Waals surface area contributed by atoms with Crippen LogP contribution in [0.5, 0.6) is 0 Å². The van der Waals surface area contributed by atoms with Crippen LogP contribution in [0.2, 0.25) is 0 Å². The van der Waals surface area contributed by atoms with E-state index in [-0.39, 0.29) is 18.4 Å². The van der Waals surface area contributed by atoms with Gasteiger partial charge in [-0.3, -0.25) is 9.59 Å². The Morgan fingerprint density at radius 1 is 1.38 bits per heavy atom. The summed E-state index contributed by atoms with van der Waals surface area (Å²) in [6.07, 6.45) is 0.630. The summed E-state index contributed by atoms with van der Waals surface area (Å²) >= 11 is 0. The number of hydrogen-bond donors (Lipinski definition) is 2. The lowest BCUT2D eigenvalue weighted by Crippen LogP contribution is -2.24. The quantitative estimate of drug-likeness (QED) is 0.704. The summed E-state index contributed by atoms with van der Waals surface area (Å²) in [7, 11) is 0. The van der Waals surface area contributed by atoms with Gasteiger partial charge in [0.25, 0.3) is 6.47 Å². The molecule has 0 aromatic heterocycles. The minimum absolute atomic E-state index is 0.168. The van der Waals surface area contributed by atoms with E-state index >= 15 is 0 Å². The number of hydrogen-bond acceptors (Lipinski definition) is 2. The van der Waals surface area contributed by atoms with Crippen LogP contribution in [0, 0.1) is 0 Å². The lowest BCUT2D eigenvalue weighted by atomic mass is 9.93. The first-order chi connectivity index (χ1) is 7.69. The van der Waals surface area contributed by atoms with Crippen LogP contribution >= 0.6 is 0 Å². The fourth-order valence-electron chi connectivity index (χ4n) is 1.90. The fourth-order valence-corrected chi connectivity index (χ4v) is 1.90. The second kappa shape index (κ2) is 5.90. The minimum Gasteiger partial charge on any atom is -0.483 e. The molecule has 4 heteroatoms. The Morgan fingerprint density at radius 2 is 1.94 bits per heavy atom. The Bertz CT molecular complexity index is 351. The smallest absolute Gasteiger partial charge is 0.290 e. The zero-order chi connectivity index (χ0) is 12.0. The Labute approximate surface area is 94.3 Å². The van der Waals surface area contributed by atoms with Gasteiger partial charge >= 0.3 is 0 Å². The Hall–Kier alpha value is -1.84. The Kier molecular flexibility index (Phi) is 4.51. The summed E-state index contributed by atoms with van der Waals surface area (Å²) in [6.45, 7) is 1.81. The summed E-state index contributed by atoms with van der Waals surface area (Å²) in [5.41, 5.74) is 1.26. The van der Waals surface area contributed by atoms with E-state index in [4.69, 9.17) is 9.90 Å². The minimum atomic E-state index is -0.250. The third-order valence-corrected chi connectivity index (χ3v) is 2.63. The molecule has 86 valence electrons. The number of carboxylic acid groups (broad SMARTS) is 1. The number of rotatable bonds is 1. The van der Waals surface area contributed by atoms with E-state index in [2.05, 4.69) is 24.4 Å². The van der Waals surface area contributed by atoms with Crippen molar-refractivity contribution in [1.82, 2.24) is 5.32 Å². The van der Waals surface area contributed by atoms with Crippen LogP contribution in [0.15, 0.2) is 30.3 Å². The molecule has 1 aliphatic heterocycles. The van der Waals surface area contributed by atoms with Gasteiger partial charge in [0, 0.05) is 18.4 Å². The maximum Gasteiger partial charge on any atom is 0.290 e. The van der Waals surface area contributed by atoms with E-state index in [9.17, 15) is 4.79 Å². The fraction of sp³-hybridized carbons (Fsp3) is 0.333. The number of benzene rings is 1. The highest BCUT2D eigenvalue weighted by molar-refractivity contribution is 5.80. The van der Waals surface area contributed by atoms with Crippen molar-refractivity contribution in [3.05, 3.63) is 35.9 Å². The van der Waals surface area contributed by atoms with Crippen LogP contribution in [-0.4, -0.2) is 23.5 Å². The molecule has 1 aromatic rings. The average molecular weight is 221 g/mol. The van der Waals surface area contributed by atoms with Crippen LogP contribution in [0.25, 0.3) is 0 Å². The SMILES string of the molecule is CC1NC(=O)CC1c1ccccc1.O=CO. The first kappa shape index (κ1) is 12.2. The van der Waals surface area contributed by atoms with E-state index in [1.165, 1.54) is 5.56 Å². The van der Waals surface area contributed by atoms with Crippen molar-refractivity contribution in [3.63, 3.8) is 0 Å². The number of nitrogens with one attached hydrogen (secondary N) is 1. The van der Waals surface area contributed by atoms with Crippen LogP contribution in [0.1, 0.15) is 24.8 Å². The van der Waals surface area contributed by atoms with Gasteiger partial charge in [-0.05, 0) is 12.5 Å². The molecule has 0 bridgehead atoms. The first-order valence-electron chi connectivity index (χ1n) is 5.11. The highest BCUT2D eigenvalue weighted by Crippen LogP contribution is 2.27. The van der Waals surface area contributed by atoms with Crippen molar-refractivity contribution in [1.29, 1.82) is 0 Å². The molecule has 4 nitrogen and oxygen atoms in total. The second-order valence-electron chi connectivity index (χ2n) is 3.68. The van der Waals surface area contributed by atoms with Crippen molar-refractivity contribution < 1.29 is 14.7 Å². The number of carbonyl (C=O) groups is 2. The van der Waals surface area contributed by atoms with Gasteiger partial charge in [0.15, 0.2) is 0 Å². The summed E-state index contributed by atoms with van der Waals surface area (Å²) < 4.78 is 0. The van der Waals surface area contributed by atoms with Gasteiger partial charge in [-0.2, -0.15) is 0 Å². The molecule has 2 N–H and O–H groups in total. The summed E-state index contributed by atoms with van der Waals surface area (Å²) in [5, 5.41) is 9.82. The van der Waals surface area contributed by atoms with Crippen molar-refractivity contribution in [2.45, 2.75) is 25.3 Å². The number of amides is 1. The third-order valence-electron chi connectivity index (χ3n) is 2.63. The van der Waals surface area contributed by atoms with Crippen molar-refractivity contribution in [2.24, 2.45) is 0 Å². The number of carbonyl (C=O) groups excluding carboxylic acids is 1. The van der Waals surface area contributed by atoms with Gasteiger partial charge in [0.2, 0.25) is 5.91 Å². The lowest BCUT2D eigenvalue weighted by molar-refractivity contribution is -0.123. The molecule has 1 heterocycles. The van der Waals surface area contributed by atoms with Gasteiger partial charge in [-0.15, -0.1) is 0 Å². The molecule has 1 aromatic carbocycles. The lowest BCUT2D eigenvalue weighted by Gasteiger charge is -2.13. The molecule has 2 atom stereocenters. The van der Waals surface area contributed by atoms with Crippen LogP contribution < -0.4 is 5.32 Å². The largest absolute Gasteiger partial charge is 0.483 e. The molecule has 16 heavy (non-hydrogen) atoms. The Balaban J connectivity index is 0.000000386. The van der Waals surface area contributed by atoms with Gasteiger partial charge in [-0.25, -0.2) is 0 Å². The van der Waals surface area contributed by atoms with Crippen molar-refractivity contribution >= 4 is 12.4 Å². The van der Waals surface area contributed by atoms with Gasteiger partial charge in [0.1, 0.15) is 0 Å². The van der Waals surface area contributed by atoms with E-state index in [1.807, 2.05) is 18.2 Å².